The second kappa shape index (κ2) is 7.53. The van der Waals surface area contributed by atoms with Gasteiger partial charge in [0.15, 0.2) is 5.69 Å². The Hall–Kier alpha value is -2.59. The molecule has 130 valence electrons. The molecule has 0 bridgehead atoms. The number of thiazole rings is 1. The third-order valence-corrected chi connectivity index (χ3v) is 5.19. The monoisotopic (exact) mass is 378 g/mol. The van der Waals surface area contributed by atoms with Gasteiger partial charge in [-0.3, -0.25) is 14.2 Å². The Morgan fingerprint density at radius 2 is 2.16 bits per heavy atom. The molecule has 0 spiro atoms. The number of carboxylic acids is 1. The summed E-state index contributed by atoms with van der Waals surface area (Å²) >= 11 is 2.65. The van der Waals surface area contributed by atoms with Crippen molar-refractivity contribution < 1.29 is 14.7 Å². The van der Waals surface area contributed by atoms with Crippen molar-refractivity contribution in [2.24, 2.45) is 0 Å². The fourth-order valence-corrected chi connectivity index (χ4v) is 3.69. The van der Waals surface area contributed by atoms with Gasteiger partial charge < -0.3 is 10.4 Å². The number of carboxylic acid groups (broad SMARTS) is 1. The van der Waals surface area contributed by atoms with Crippen LogP contribution in [-0.2, 0) is 17.8 Å². The number of rotatable bonds is 7. The molecular weight excluding hydrogens is 364 g/mol. The summed E-state index contributed by atoms with van der Waals surface area (Å²) in [6, 6.07) is 1.73. The maximum Gasteiger partial charge on any atom is 0.355 e. The summed E-state index contributed by atoms with van der Waals surface area (Å²) < 4.78 is 1.43. The number of carbonyl (C=O) groups is 2. The lowest BCUT2D eigenvalue weighted by molar-refractivity contribution is -0.121. The number of hydrogen-bond acceptors (Lipinski definition) is 7. The highest BCUT2D eigenvalue weighted by Gasteiger charge is 2.10. The molecule has 0 fully saturated rings. The van der Waals surface area contributed by atoms with Crippen molar-refractivity contribution in [2.75, 3.05) is 6.54 Å². The number of nitrogens with zero attached hydrogens (tertiary/aromatic N) is 3. The normalized spacial score (nSPS) is 10.9. The van der Waals surface area contributed by atoms with Crippen LogP contribution in [0.25, 0.3) is 10.2 Å². The summed E-state index contributed by atoms with van der Waals surface area (Å²) in [5.41, 5.74) is -0.134. The fraction of sp³-hybridized carbons (Fsp3) is 0.267. The molecule has 10 heteroatoms. The fourth-order valence-electron chi connectivity index (χ4n) is 2.20. The number of amides is 1. The predicted octanol–water partition coefficient (Wildman–Crippen LogP) is 1.36. The van der Waals surface area contributed by atoms with E-state index < -0.39 is 5.97 Å². The van der Waals surface area contributed by atoms with Crippen LogP contribution in [-0.4, -0.2) is 38.1 Å². The lowest BCUT2D eigenvalue weighted by atomic mass is 10.3. The van der Waals surface area contributed by atoms with Crippen molar-refractivity contribution in [2.45, 2.75) is 19.4 Å². The summed E-state index contributed by atoms with van der Waals surface area (Å²) in [7, 11) is 0. The van der Waals surface area contributed by atoms with Gasteiger partial charge in [0, 0.05) is 31.3 Å². The molecule has 0 aliphatic carbocycles. The smallest absolute Gasteiger partial charge is 0.355 e. The molecule has 0 saturated carbocycles. The van der Waals surface area contributed by atoms with E-state index in [9.17, 15) is 14.4 Å². The molecule has 0 aromatic carbocycles. The molecule has 3 aromatic rings. The van der Waals surface area contributed by atoms with Crippen LogP contribution in [0.5, 0.6) is 0 Å². The molecular formula is C15H14N4O4S2. The molecule has 8 nitrogen and oxygen atoms in total. The molecule has 25 heavy (non-hydrogen) atoms. The first-order valence-corrected chi connectivity index (χ1v) is 9.17. The Balaban J connectivity index is 1.48. The molecule has 2 N–H and O–H groups in total. The van der Waals surface area contributed by atoms with E-state index in [1.54, 1.807) is 6.07 Å². The molecule has 0 aliphatic heterocycles. The molecule has 0 saturated heterocycles. The maximum atomic E-state index is 12.2. The van der Waals surface area contributed by atoms with E-state index in [1.807, 2.05) is 5.38 Å². The van der Waals surface area contributed by atoms with Gasteiger partial charge in [0.05, 0.1) is 16.7 Å². The van der Waals surface area contributed by atoms with Gasteiger partial charge in [-0.1, -0.05) is 0 Å². The Morgan fingerprint density at radius 1 is 1.32 bits per heavy atom. The zero-order valence-electron chi connectivity index (χ0n) is 13.0. The molecule has 0 unspecified atom stereocenters. The zero-order chi connectivity index (χ0) is 17.8. The first-order valence-electron chi connectivity index (χ1n) is 7.41. The highest BCUT2D eigenvalue weighted by Crippen LogP contribution is 2.13. The predicted molar refractivity (Wildman–Crippen MR) is 94.3 cm³/mol. The minimum absolute atomic E-state index is 0.0158. The zero-order valence-corrected chi connectivity index (χ0v) is 14.6. The van der Waals surface area contributed by atoms with Gasteiger partial charge in [-0.15, -0.1) is 22.7 Å². The van der Waals surface area contributed by atoms with Crippen LogP contribution in [0.2, 0.25) is 0 Å². The van der Waals surface area contributed by atoms with Crippen molar-refractivity contribution in [1.82, 2.24) is 19.9 Å². The van der Waals surface area contributed by atoms with Crippen molar-refractivity contribution in [3.8, 4) is 0 Å². The number of fused-ring (bicyclic) bond motifs is 1. The summed E-state index contributed by atoms with van der Waals surface area (Å²) in [5, 5.41) is 16.0. The van der Waals surface area contributed by atoms with Gasteiger partial charge in [-0.25, -0.2) is 14.8 Å². The van der Waals surface area contributed by atoms with E-state index in [1.165, 1.54) is 38.9 Å². The van der Waals surface area contributed by atoms with Gasteiger partial charge >= 0.3 is 5.97 Å². The minimum atomic E-state index is -1.06. The third-order valence-electron chi connectivity index (χ3n) is 3.46. The second-order valence-corrected chi connectivity index (χ2v) is 7.00. The highest BCUT2D eigenvalue weighted by molar-refractivity contribution is 7.16. The number of hydrogen-bond donors (Lipinski definition) is 2. The van der Waals surface area contributed by atoms with Crippen molar-refractivity contribution in [3.63, 3.8) is 0 Å². The largest absolute Gasteiger partial charge is 0.476 e. The Kier molecular flexibility index (Phi) is 5.19. The number of aryl methyl sites for hydroxylation is 1. The lowest BCUT2D eigenvalue weighted by Gasteiger charge is -2.06. The number of carbonyl (C=O) groups excluding carboxylic acids is 1. The number of aromatic nitrogens is 3. The molecule has 0 aliphatic rings. The topological polar surface area (TPSA) is 114 Å². The van der Waals surface area contributed by atoms with Gasteiger partial charge in [0.1, 0.15) is 4.83 Å². The van der Waals surface area contributed by atoms with Gasteiger partial charge in [-0.2, -0.15) is 0 Å². The average molecular weight is 378 g/mol. The quantitative estimate of drug-likeness (QED) is 0.642. The SMILES string of the molecule is O=C(CCn1cnc2sccc2c1=O)NCCc1nc(C(=O)O)cs1. The van der Waals surface area contributed by atoms with E-state index in [0.29, 0.717) is 28.2 Å². The average Bonchev–Trinajstić information content (AvgIpc) is 3.23. The molecule has 3 heterocycles. The van der Waals surface area contributed by atoms with E-state index >= 15 is 0 Å². The summed E-state index contributed by atoms with van der Waals surface area (Å²) in [4.78, 5) is 43.7. The molecule has 0 atom stereocenters. The van der Waals surface area contributed by atoms with Gasteiger partial charge in [0.25, 0.3) is 5.56 Å². The van der Waals surface area contributed by atoms with E-state index in [4.69, 9.17) is 5.11 Å². The van der Waals surface area contributed by atoms with Crippen LogP contribution in [0.15, 0.2) is 27.9 Å². The molecule has 1 amide bonds. The van der Waals surface area contributed by atoms with E-state index in [0.717, 1.165) is 0 Å². The summed E-state index contributed by atoms with van der Waals surface area (Å²) in [6.07, 6.45) is 2.08. The van der Waals surface area contributed by atoms with Crippen LogP contribution in [0.3, 0.4) is 0 Å². The van der Waals surface area contributed by atoms with Crippen molar-refractivity contribution >= 4 is 44.8 Å². The van der Waals surface area contributed by atoms with Gasteiger partial charge in [0.2, 0.25) is 5.91 Å². The van der Waals surface area contributed by atoms with Crippen LogP contribution in [0.4, 0.5) is 0 Å². The Bertz CT molecular complexity index is 975. The second-order valence-electron chi connectivity index (χ2n) is 5.16. The maximum absolute atomic E-state index is 12.2. The van der Waals surface area contributed by atoms with Crippen LogP contribution >= 0.6 is 22.7 Å². The Morgan fingerprint density at radius 3 is 2.92 bits per heavy atom. The molecule has 0 radical (unpaired) electrons. The molecule has 3 rings (SSSR count). The third kappa shape index (κ3) is 4.09. The first kappa shape index (κ1) is 17.2. The van der Waals surface area contributed by atoms with Gasteiger partial charge in [-0.05, 0) is 11.4 Å². The summed E-state index contributed by atoms with van der Waals surface area (Å²) in [6.45, 7) is 0.617. The number of aromatic carboxylic acids is 1. The minimum Gasteiger partial charge on any atom is -0.476 e. The number of nitrogens with one attached hydrogen (secondary N) is 1. The first-order chi connectivity index (χ1) is 12.0. The van der Waals surface area contributed by atoms with Crippen molar-refractivity contribution in [3.05, 3.63) is 44.2 Å². The standard InChI is InChI=1S/C15H14N4O4S2/c20-11(16-4-1-12-18-10(7-25-12)15(22)23)2-5-19-8-17-13-9(14(19)21)3-6-24-13/h3,6-8H,1-2,4-5H2,(H,16,20)(H,22,23). The van der Waals surface area contributed by atoms with Crippen molar-refractivity contribution in [1.29, 1.82) is 0 Å². The summed E-state index contributed by atoms with van der Waals surface area (Å²) in [5.74, 6) is -1.25. The van der Waals surface area contributed by atoms with Crippen LogP contribution < -0.4 is 10.9 Å². The lowest BCUT2D eigenvalue weighted by Crippen LogP contribution is -2.28. The molecule has 3 aromatic heterocycles. The van der Waals surface area contributed by atoms with Crippen LogP contribution in [0.1, 0.15) is 21.9 Å². The Labute approximate surface area is 149 Å². The van der Waals surface area contributed by atoms with E-state index in [2.05, 4.69) is 15.3 Å². The number of thiophene rings is 1. The van der Waals surface area contributed by atoms with E-state index in [-0.39, 0.29) is 30.1 Å². The highest BCUT2D eigenvalue weighted by atomic mass is 32.1. The van der Waals surface area contributed by atoms with Crippen LogP contribution in [0, 0.1) is 0 Å².